The van der Waals surface area contributed by atoms with Gasteiger partial charge in [-0.25, -0.2) is 0 Å². The first-order chi connectivity index (χ1) is 9.76. The molecular formula is C12H15F5O3Si. The molecular weight excluding hydrogens is 315 g/mol. The highest BCUT2D eigenvalue weighted by atomic mass is 28.2. The van der Waals surface area contributed by atoms with Crippen LogP contribution in [-0.2, 0) is 19.9 Å². The third-order valence-electron chi connectivity index (χ3n) is 2.36. The highest BCUT2D eigenvalue weighted by Gasteiger charge is 2.61. The van der Waals surface area contributed by atoms with Crippen molar-refractivity contribution < 1.29 is 35.9 Å². The van der Waals surface area contributed by atoms with E-state index in [9.17, 15) is 22.0 Å². The Labute approximate surface area is 120 Å². The van der Waals surface area contributed by atoms with Crippen molar-refractivity contribution in [3.63, 3.8) is 0 Å². The predicted molar refractivity (Wildman–Crippen MR) is 67.3 cm³/mol. The average Bonchev–Trinajstić information content (AvgIpc) is 2.38. The van der Waals surface area contributed by atoms with Gasteiger partial charge in [0, 0.05) is 6.61 Å². The van der Waals surface area contributed by atoms with E-state index < -0.39 is 28.5 Å². The van der Waals surface area contributed by atoms with Crippen LogP contribution in [-0.4, -0.2) is 35.1 Å². The number of ether oxygens (including phenoxy) is 2. The van der Waals surface area contributed by atoms with Gasteiger partial charge in [0.25, 0.3) is 6.48 Å². The van der Waals surface area contributed by atoms with Crippen LogP contribution in [0.2, 0.25) is 0 Å². The molecule has 1 aromatic carbocycles. The van der Waals surface area contributed by atoms with Gasteiger partial charge < -0.3 is 9.16 Å². The lowest BCUT2D eigenvalue weighted by molar-refractivity contribution is -0.448. The van der Waals surface area contributed by atoms with Gasteiger partial charge in [0.1, 0.15) is 0 Å². The Bertz CT molecular complexity index is 413. The van der Waals surface area contributed by atoms with E-state index in [4.69, 9.17) is 4.43 Å². The number of hydrogen-bond donors (Lipinski definition) is 0. The summed E-state index contributed by atoms with van der Waals surface area (Å²) in [5.74, 6) is 0. The van der Waals surface area contributed by atoms with E-state index in [1.54, 1.807) is 24.3 Å². The van der Waals surface area contributed by atoms with Crippen molar-refractivity contribution in [1.29, 1.82) is 0 Å². The summed E-state index contributed by atoms with van der Waals surface area (Å²) in [5.41, 5.74) is 0.905. The molecule has 0 saturated heterocycles. The zero-order valence-electron chi connectivity index (χ0n) is 11.2. The summed E-state index contributed by atoms with van der Waals surface area (Å²) in [7, 11) is -1.42. The minimum absolute atomic E-state index is 0.113. The number of hydrogen-bond acceptors (Lipinski definition) is 3. The highest BCUT2D eigenvalue weighted by molar-refractivity contribution is 6.26. The third-order valence-corrected chi connectivity index (χ3v) is 3.65. The van der Waals surface area contributed by atoms with Crippen LogP contribution in [0.4, 0.5) is 22.0 Å². The van der Waals surface area contributed by atoms with Crippen molar-refractivity contribution in [2.24, 2.45) is 0 Å². The summed E-state index contributed by atoms with van der Waals surface area (Å²) in [6.07, 6.45) is -11.1. The molecule has 21 heavy (non-hydrogen) atoms. The molecule has 0 bridgehead atoms. The largest absolute Gasteiger partial charge is 0.483 e. The van der Waals surface area contributed by atoms with E-state index in [-0.39, 0.29) is 6.61 Å². The smallest absolute Gasteiger partial charge is 0.378 e. The van der Waals surface area contributed by atoms with E-state index in [0.717, 1.165) is 5.56 Å². The summed E-state index contributed by atoms with van der Waals surface area (Å²) in [6, 6.07) is 9.46. The van der Waals surface area contributed by atoms with Gasteiger partial charge in [-0.1, -0.05) is 30.3 Å². The molecule has 1 atom stereocenters. The van der Waals surface area contributed by atoms with Crippen molar-refractivity contribution in [3.05, 3.63) is 35.9 Å². The van der Waals surface area contributed by atoms with Gasteiger partial charge in [-0.3, -0.25) is 4.74 Å². The average molecular weight is 330 g/mol. The number of benzene rings is 1. The Morgan fingerprint density at radius 3 is 2.24 bits per heavy atom. The standard InChI is InChI=1S/C12H15F5O3Si/c1-2-18-10(19-12(16,17)11(13,14)15)20-21-8-9-6-4-3-5-7-9/h3-7,10H,2,8,21H2,1H3. The first-order valence-electron chi connectivity index (χ1n) is 6.15. The molecule has 0 N–H and O–H groups in total. The van der Waals surface area contributed by atoms with Crippen LogP contribution >= 0.6 is 0 Å². The van der Waals surface area contributed by atoms with Crippen LogP contribution in [0, 0.1) is 0 Å². The Morgan fingerprint density at radius 1 is 1.10 bits per heavy atom. The summed E-state index contributed by atoms with van der Waals surface area (Å²) >= 11 is 0. The Balaban J connectivity index is 2.50. The van der Waals surface area contributed by atoms with Crippen LogP contribution < -0.4 is 0 Å². The third kappa shape index (κ3) is 6.08. The van der Waals surface area contributed by atoms with E-state index in [1.165, 1.54) is 6.92 Å². The number of alkyl halides is 5. The van der Waals surface area contributed by atoms with Gasteiger partial charge in [-0.05, 0) is 18.5 Å². The molecule has 1 unspecified atom stereocenters. The first kappa shape index (κ1) is 18.0. The predicted octanol–water partition coefficient (Wildman–Crippen LogP) is 2.78. The monoisotopic (exact) mass is 330 g/mol. The van der Waals surface area contributed by atoms with Crippen LogP contribution in [0.25, 0.3) is 0 Å². The molecule has 0 aliphatic carbocycles. The lowest BCUT2D eigenvalue weighted by atomic mass is 10.2. The van der Waals surface area contributed by atoms with Crippen LogP contribution in [0.15, 0.2) is 30.3 Å². The number of halogens is 5. The van der Waals surface area contributed by atoms with Gasteiger partial charge in [0.2, 0.25) is 0 Å². The first-order valence-corrected chi connectivity index (χ1v) is 7.73. The Hall–Kier alpha value is -1.03. The fourth-order valence-electron chi connectivity index (χ4n) is 1.36. The molecule has 120 valence electrons. The fourth-order valence-corrected chi connectivity index (χ4v) is 2.40. The second-order valence-corrected chi connectivity index (χ2v) is 5.22. The van der Waals surface area contributed by atoms with Crippen LogP contribution in [0.1, 0.15) is 12.5 Å². The van der Waals surface area contributed by atoms with Gasteiger partial charge in [-0.15, -0.1) is 0 Å². The summed E-state index contributed by atoms with van der Waals surface area (Å²) in [6.45, 7) is -0.704. The molecule has 0 fully saturated rings. The lowest BCUT2D eigenvalue weighted by Crippen LogP contribution is -2.44. The molecule has 0 spiro atoms. The number of rotatable bonds is 8. The zero-order valence-corrected chi connectivity index (χ0v) is 12.6. The van der Waals surface area contributed by atoms with Crippen LogP contribution in [0.3, 0.4) is 0 Å². The van der Waals surface area contributed by atoms with E-state index in [1.807, 2.05) is 6.07 Å². The van der Waals surface area contributed by atoms with Gasteiger partial charge >= 0.3 is 12.3 Å². The molecule has 0 heterocycles. The van der Waals surface area contributed by atoms with Crippen molar-refractivity contribution in [1.82, 2.24) is 0 Å². The molecule has 0 radical (unpaired) electrons. The van der Waals surface area contributed by atoms with Crippen molar-refractivity contribution in [2.75, 3.05) is 6.61 Å². The maximum absolute atomic E-state index is 12.8. The van der Waals surface area contributed by atoms with Gasteiger partial charge in [0.15, 0.2) is 9.76 Å². The van der Waals surface area contributed by atoms with E-state index in [2.05, 4.69) is 9.47 Å². The Kier molecular flexibility index (Phi) is 6.72. The van der Waals surface area contributed by atoms with Crippen molar-refractivity contribution >= 4 is 9.76 Å². The second-order valence-electron chi connectivity index (χ2n) is 3.98. The molecule has 0 aliphatic heterocycles. The summed E-state index contributed by atoms with van der Waals surface area (Å²) < 4.78 is 74.8. The van der Waals surface area contributed by atoms with Gasteiger partial charge in [-0.2, -0.15) is 22.0 Å². The molecule has 0 saturated carbocycles. The molecule has 1 aromatic rings. The van der Waals surface area contributed by atoms with Crippen LogP contribution in [0.5, 0.6) is 0 Å². The van der Waals surface area contributed by atoms with Crippen molar-refractivity contribution in [3.8, 4) is 0 Å². The molecule has 0 amide bonds. The minimum Gasteiger partial charge on any atom is -0.378 e. The fraction of sp³-hybridized carbons (Fsp3) is 0.500. The maximum atomic E-state index is 12.8. The molecule has 3 nitrogen and oxygen atoms in total. The normalized spacial score (nSPS) is 14.8. The zero-order chi connectivity index (χ0) is 15.9. The quantitative estimate of drug-likeness (QED) is 0.417. The SMILES string of the molecule is CCOC(O[SiH2]Cc1ccccc1)OC(F)(F)C(F)(F)F. The molecule has 0 aromatic heterocycles. The molecule has 0 aliphatic rings. The van der Waals surface area contributed by atoms with E-state index in [0.29, 0.717) is 6.04 Å². The molecule has 9 heteroatoms. The second kappa shape index (κ2) is 7.83. The minimum atomic E-state index is -5.81. The lowest BCUT2D eigenvalue weighted by Gasteiger charge is -2.25. The summed E-state index contributed by atoms with van der Waals surface area (Å²) in [5, 5.41) is 0. The topological polar surface area (TPSA) is 27.7 Å². The van der Waals surface area contributed by atoms with E-state index >= 15 is 0 Å². The Morgan fingerprint density at radius 2 is 1.71 bits per heavy atom. The molecule has 1 rings (SSSR count). The highest BCUT2D eigenvalue weighted by Crippen LogP contribution is 2.37. The summed E-state index contributed by atoms with van der Waals surface area (Å²) in [4.78, 5) is 0. The maximum Gasteiger partial charge on any atom is 0.483 e. The van der Waals surface area contributed by atoms with Gasteiger partial charge in [0.05, 0.1) is 0 Å². The van der Waals surface area contributed by atoms with Crippen molar-refractivity contribution in [2.45, 2.75) is 31.7 Å².